The van der Waals surface area contributed by atoms with Crippen molar-refractivity contribution in [1.29, 1.82) is 0 Å². The smallest absolute Gasteiger partial charge is 0.257 e. The zero-order chi connectivity index (χ0) is 14.8. The first-order chi connectivity index (χ1) is 10.2. The number of amides is 1. The minimum atomic E-state index is -0.0405. The van der Waals surface area contributed by atoms with Gasteiger partial charge in [-0.25, -0.2) is 9.97 Å². The third-order valence-corrected chi connectivity index (χ3v) is 4.02. The topological polar surface area (TPSA) is 72.1 Å². The van der Waals surface area contributed by atoms with E-state index in [0.29, 0.717) is 24.3 Å². The van der Waals surface area contributed by atoms with Gasteiger partial charge in [-0.2, -0.15) is 0 Å². The lowest BCUT2D eigenvalue weighted by Crippen LogP contribution is -2.32. The second-order valence-electron chi connectivity index (χ2n) is 5.41. The van der Waals surface area contributed by atoms with Gasteiger partial charge in [0.15, 0.2) is 0 Å². The number of halogens is 1. The lowest BCUT2D eigenvalue weighted by Gasteiger charge is -2.17. The lowest BCUT2D eigenvalue weighted by molar-refractivity contribution is 0.0787. The van der Waals surface area contributed by atoms with E-state index in [1.807, 2.05) is 25.1 Å². The predicted molar refractivity (Wildman–Crippen MR) is 87.1 cm³/mol. The molecule has 1 aromatic heterocycles. The van der Waals surface area contributed by atoms with Gasteiger partial charge in [-0.15, -0.1) is 12.4 Å². The summed E-state index contributed by atoms with van der Waals surface area (Å²) >= 11 is 0. The van der Waals surface area contributed by atoms with Crippen molar-refractivity contribution in [2.45, 2.75) is 18.9 Å². The van der Waals surface area contributed by atoms with Crippen molar-refractivity contribution in [2.24, 2.45) is 5.73 Å². The Balaban J connectivity index is 0.00000176. The maximum absolute atomic E-state index is 12.6. The van der Waals surface area contributed by atoms with Crippen molar-refractivity contribution in [3.05, 3.63) is 59.7 Å². The van der Waals surface area contributed by atoms with Crippen LogP contribution >= 0.6 is 12.4 Å². The van der Waals surface area contributed by atoms with Crippen molar-refractivity contribution >= 4 is 18.3 Å². The van der Waals surface area contributed by atoms with E-state index in [-0.39, 0.29) is 30.3 Å². The van der Waals surface area contributed by atoms with Gasteiger partial charge in [-0.1, -0.05) is 30.3 Å². The summed E-state index contributed by atoms with van der Waals surface area (Å²) in [5.41, 5.74) is 8.67. The first-order valence-corrected chi connectivity index (χ1v) is 7.03. The van der Waals surface area contributed by atoms with Gasteiger partial charge in [-0.3, -0.25) is 4.79 Å². The highest BCUT2D eigenvalue weighted by Gasteiger charge is 2.34. The van der Waals surface area contributed by atoms with E-state index in [0.717, 1.165) is 0 Å². The Morgan fingerprint density at radius 2 is 2.00 bits per heavy atom. The van der Waals surface area contributed by atoms with Crippen molar-refractivity contribution in [1.82, 2.24) is 14.9 Å². The van der Waals surface area contributed by atoms with Crippen LogP contribution in [0.15, 0.2) is 42.9 Å². The Morgan fingerprint density at radius 3 is 2.68 bits per heavy atom. The first-order valence-electron chi connectivity index (χ1n) is 7.03. The minimum absolute atomic E-state index is 0. The van der Waals surface area contributed by atoms with Gasteiger partial charge in [0.2, 0.25) is 0 Å². The van der Waals surface area contributed by atoms with Crippen LogP contribution in [0.1, 0.15) is 27.5 Å². The molecular weight excluding hydrogens is 300 g/mol. The van der Waals surface area contributed by atoms with Crippen LogP contribution < -0.4 is 5.73 Å². The maximum Gasteiger partial charge on any atom is 0.257 e. The van der Waals surface area contributed by atoms with E-state index in [9.17, 15) is 4.79 Å². The summed E-state index contributed by atoms with van der Waals surface area (Å²) < 4.78 is 0. The molecule has 1 saturated heterocycles. The Hall–Kier alpha value is -1.98. The molecule has 2 atom stereocenters. The molecule has 1 aliphatic heterocycles. The SMILES string of the molecule is Cc1ncncc1C(=O)N1C[C@@H](N)[C@H](c2ccccc2)C1.Cl. The molecule has 0 radical (unpaired) electrons. The molecule has 0 unspecified atom stereocenters. The average molecular weight is 319 g/mol. The van der Waals surface area contributed by atoms with Gasteiger partial charge in [0, 0.05) is 31.2 Å². The van der Waals surface area contributed by atoms with Gasteiger partial charge in [-0.05, 0) is 12.5 Å². The van der Waals surface area contributed by atoms with Crippen molar-refractivity contribution in [3.8, 4) is 0 Å². The first kappa shape index (κ1) is 16.4. The third kappa shape index (κ3) is 3.10. The molecular formula is C16H19ClN4O. The number of rotatable bonds is 2. The fraction of sp³-hybridized carbons (Fsp3) is 0.312. The fourth-order valence-corrected chi connectivity index (χ4v) is 2.82. The van der Waals surface area contributed by atoms with Crippen LogP contribution in [0.4, 0.5) is 0 Å². The number of nitrogens with zero attached hydrogens (tertiary/aromatic N) is 3. The minimum Gasteiger partial charge on any atom is -0.336 e. The summed E-state index contributed by atoms with van der Waals surface area (Å²) in [5.74, 6) is 0.141. The van der Waals surface area contributed by atoms with E-state index >= 15 is 0 Å². The maximum atomic E-state index is 12.6. The molecule has 0 aliphatic carbocycles. The molecule has 1 aliphatic rings. The number of likely N-dealkylation sites (tertiary alicyclic amines) is 1. The molecule has 1 fully saturated rings. The highest BCUT2D eigenvalue weighted by atomic mass is 35.5. The highest BCUT2D eigenvalue weighted by Crippen LogP contribution is 2.27. The van der Waals surface area contributed by atoms with Crippen molar-refractivity contribution in [3.63, 3.8) is 0 Å². The second-order valence-corrected chi connectivity index (χ2v) is 5.41. The van der Waals surface area contributed by atoms with Gasteiger partial charge < -0.3 is 10.6 Å². The van der Waals surface area contributed by atoms with Crippen LogP contribution in [0.25, 0.3) is 0 Å². The normalized spacial score (nSPS) is 20.5. The molecule has 0 saturated carbocycles. The Morgan fingerprint density at radius 1 is 1.27 bits per heavy atom. The van der Waals surface area contributed by atoms with Crippen LogP contribution in [0.2, 0.25) is 0 Å². The van der Waals surface area contributed by atoms with Crippen LogP contribution in [-0.2, 0) is 0 Å². The molecule has 116 valence electrons. The number of carbonyl (C=O) groups is 1. The largest absolute Gasteiger partial charge is 0.336 e. The molecule has 5 nitrogen and oxygen atoms in total. The third-order valence-electron chi connectivity index (χ3n) is 4.02. The Kier molecular flexibility index (Phi) is 5.11. The zero-order valence-electron chi connectivity index (χ0n) is 12.3. The molecule has 1 aromatic carbocycles. The fourth-order valence-electron chi connectivity index (χ4n) is 2.82. The second kappa shape index (κ2) is 6.85. The van der Waals surface area contributed by atoms with E-state index in [1.54, 1.807) is 11.1 Å². The molecule has 6 heteroatoms. The van der Waals surface area contributed by atoms with Crippen LogP contribution in [0.3, 0.4) is 0 Å². The number of aromatic nitrogens is 2. The summed E-state index contributed by atoms with van der Waals surface area (Å²) in [4.78, 5) is 22.4. The van der Waals surface area contributed by atoms with Crippen LogP contribution in [-0.4, -0.2) is 39.9 Å². The molecule has 2 N–H and O–H groups in total. The highest BCUT2D eigenvalue weighted by molar-refractivity contribution is 5.95. The average Bonchev–Trinajstić information content (AvgIpc) is 2.90. The quantitative estimate of drug-likeness (QED) is 0.916. The standard InChI is InChI=1S/C16H18N4O.ClH/c1-11-13(7-18-10-19-11)16(21)20-8-14(15(17)9-20)12-5-3-2-4-6-12;/h2-7,10,14-15H,8-9,17H2,1H3;1H/t14-,15+;/m0./s1. The van der Waals surface area contributed by atoms with Crippen LogP contribution in [0.5, 0.6) is 0 Å². The van der Waals surface area contributed by atoms with Gasteiger partial charge in [0.25, 0.3) is 5.91 Å². The molecule has 22 heavy (non-hydrogen) atoms. The number of nitrogens with two attached hydrogens (primary N) is 1. The Labute approximate surface area is 136 Å². The van der Waals surface area contributed by atoms with Crippen molar-refractivity contribution in [2.75, 3.05) is 13.1 Å². The van der Waals surface area contributed by atoms with E-state index in [2.05, 4.69) is 22.1 Å². The van der Waals surface area contributed by atoms with E-state index in [1.165, 1.54) is 11.9 Å². The molecule has 2 heterocycles. The summed E-state index contributed by atoms with van der Waals surface area (Å²) in [7, 11) is 0. The number of benzene rings is 1. The monoisotopic (exact) mass is 318 g/mol. The zero-order valence-corrected chi connectivity index (χ0v) is 13.2. The van der Waals surface area contributed by atoms with Gasteiger partial charge >= 0.3 is 0 Å². The van der Waals surface area contributed by atoms with Gasteiger partial charge in [0.05, 0.1) is 11.3 Å². The summed E-state index contributed by atoms with van der Waals surface area (Å²) in [6.45, 7) is 3.02. The van der Waals surface area contributed by atoms with Gasteiger partial charge in [0.1, 0.15) is 6.33 Å². The molecule has 0 bridgehead atoms. The van der Waals surface area contributed by atoms with E-state index in [4.69, 9.17) is 5.73 Å². The molecule has 1 amide bonds. The summed E-state index contributed by atoms with van der Waals surface area (Å²) in [5, 5.41) is 0. The van der Waals surface area contributed by atoms with Crippen LogP contribution in [0, 0.1) is 6.92 Å². The summed E-state index contributed by atoms with van der Waals surface area (Å²) in [6, 6.07) is 10.1. The van der Waals surface area contributed by atoms with E-state index < -0.39 is 0 Å². The summed E-state index contributed by atoms with van der Waals surface area (Å²) in [6.07, 6.45) is 3.03. The number of aryl methyl sites for hydroxylation is 1. The van der Waals surface area contributed by atoms with Crippen molar-refractivity contribution < 1.29 is 4.79 Å². The molecule has 2 aromatic rings. The number of hydrogen-bond donors (Lipinski definition) is 1. The number of carbonyl (C=O) groups excluding carboxylic acids is 1. The number of hydrogen-bond acceptors (Lipinski definition) is 4. The molecule has 0 spiro atoms. The lowest BCUT2D eigenvalue weighted by atomic mass is 9.95. The predicted octanol–water partition coefficient (Wildman–Crippen LogP) is 1.77. The molecule has 3 rings (SSSR count). The Bertz CT molecular complexity index is 650.